The van der Waals surface area contributed by atoms with Gasteiger partial charge in [0.15, 0.2) is 0 Å². The van der Waals surface area contributed by atoms with E-state index in [0.29, 0.717) is 31.7 Å². The zero-order chi connectivity index (χ0) is 14.7. The lowest BCUT2D eigenvalue weighted by Gasteiger charge is -2.30. The van der Waals surface area contributed by atoms with E-state index >= 15 is 0 Å². The molecule has 0 aromatic heterocycles. The molecule has 0 saturated carbocycles. The van der Waals surface area contributed by atoms with Crippen molar-refractivity contribution in [2.24, 2.45) is 11.7 Å². The van der Waals surface area contributed by atoms with Gasteiger partial charge in [-0.05, 0) is 25.0 Å². The highest BCUT2D eigenvalue weighted by molar-refractivity contribution is 5.94. The first kappa shape index (κ1) is 14.3. The SMILES string of the molecule is COc1ccc(C(=O)N2CCC(C(N)=O)CC2)c(F)c1. The van der Waals surface area contributed by atoms with Gasteiger partial charge in [0.2, 0.25) is 5.91 Å². The molecule has 1 fully saturated rings. The molecular weight excluding hydrogens is 263 g/mol. The van der Waals surface area contributed by atoms with Crippen LogP contribution in [0.2, 0.25) is 0 Å². The van der Waals surface area contributed by atoms with E-state index in [0.717, 1.165) is 0 Å². The van der Waals surface area contributed by atoms with Crippen LogP contribution in [0.25, 0.3) is 0 Å². The Balaban J connectivity index is 2.07. The van der Waals surface area contributed by atoms with E-state index in [-0.39, 0.29) is 23.3 Å². The Bertz CT molecular complexity index is 525. The van der Waals surface area contributed by atoms with Crippen LogP contribution in [-0.4, -0.2) is 36.9 Å². The van der Waals surface area contributed by atoms with Crippen molar-refractivity contribution in [1.82, 2.24) is 4.90 Å². The number of primary amides is 1. The summed E-state index contributed by atoms with van der Waals surface area (Å²) >= 11 is 0. The molecule has 2 rings (SSSR count). The fourth-order valence-corrected chi connectivity index (χ4v) is 2.33. The summed E-state index contributed by atoms with van der Waals surface area (Å²) in [5.74, 6) is -1.14. The molecule has 1 saturated heterocycles. The Morgan fingerprint density at radius 1 is 1.35 bits per heavy atom. The summed E-state index contributed by atoms with van der Waals surface area (Å²) in [5.41, 5.74) is 5.26. The van der Waals surface area contributed by atoms with E-state index in [9.17, 15) is 14.0 Å². The molecule has 108 valence electrons. The normalized spacial score (nSPS) is 16.0. The molecule has 0 bridgehead atoms. The minimum absolute atomic E-state index is 0.0170. The third-order valence-electron chi connectivity index (χ3n) is 3.59. The number of hydrogen-bond donors (Lipinski definition) is 1. The minimum atomic E-state index is -0.605. The molecule has 0 spiro atoms. The quantitative estimate of drug-likeness (QED) is 0.903. The maximum atomic E-state index is 13.8. The van der Waals surface area contributed by atoms with E-state index in [1.165, 1.54) is 19.2 Å². The van der Waals surface area contributed by atoms with E-state index in [1.807, 2.05) is 0 Å². The summed E-state index contributed by atoms with van der Waals surface area (Å²) in [6, 6.07) is 4.15. The summed E-state index contributed by atoms with van der Waals surface area (Å²) in [4.78, 5) is 24.8. The Morgan fingerprint density at radius 2 is 2.00 bits per heavy atom. The molecule has 20 heavy (non-hydrogen) atoms. The number of nitrogens with zero attached hydrogens (tertiary/aromatic N) is 1. The monoisotopic (exact) mass is 280 g/mol. The van der Waals surface area contributed by atoms with Crippen molar-refractivity contribution in [3.63, 3.8) is 0 Å². The molecule has 1 heterocycles. The predicted octanol–water partition coefficient (Wildman–Crippen LogP) is 1.17. The van der Waals surface area contributed by atoms with Crippen LogP contribution in [-0.2, 0) is 4.79 Å². The molecule has 1 aliphatic rings. The smallest absolute Gasteiger partial charge is 0.256 e. The van der Waals surface area contributed by atoms with E-state index in [1.54, 1.807) is 11.0 Å². The molecular formula is C14H17FN2O3. The number of ether oxygens (including phenoxy) is 1. The van der Waals surface area contributed by atoms with Crippen molar-refractivity contribution >= 4 is 11.8 Å². The van der Waals surface area contributed by atoms with Crippen LogP contribution in [0.1, 0.15) is 23.2 Å². The number of likely N-dealkylation sites (tertiary alicyclic amines) is 1. The number of carbonyl (C=O) groups excluding carboxylic acids is 2. The van der Waals surface area contributed by atoms with Gasteiger partial charge in [-0.25, -0.2) is 4.39 Å². The number of halogens is 1. The van der Waals surface area contributed by atoms with Crippen LogP contribution < -0.4 is 10.5 Å². The number of hydrogen-bond acceptors (Lipinski definition) is 3. The first-order chi connectivity index (χ1) is 9.52. The van der Waals surface area contributed by atoms with E-state index in [2.05, 4.69) is 0 Å². The van der Waals surface area contributed by atoms with Crippen LogP contribution in [0.4, 0.5) is 4.39 Å². The molecule has 2 amide bonds. The zero-order valence-electron chi connectivity index (χ0n) is 11.3. The molecule has 1 aromatic rings. The molecule has 6 heteroatoms. The molecule has 0 unspecified atom stereocenters. The maximum absolute atomic E-state index is 13.8. The third-order valence-corrected chi connectivity index (χ3v) is 3.59. The van der Waals surface area contributed by atoms with Gasteiger partial charge in [0.25, 0.3) is 5.91 Å². The molecule has 0 aliphatic carbocycles. The van der Waals surface area contributed by atoms with Crippen LogP contribution in [0.3, 0.4) is 0 Å². The second kappa shape index (κ2) is 5.90. The van der Waals surface area contributed by atoms with Gasteiger partial charge in [-0.2, -0.15) is 0 Å². The lowest BCUT2D eigenvalue weighted by Crippen LogP contribution is -2.42. The highest BCUT2D eigenvalue weighted by Crippen LogP contribution is 2.21. The van der Waals surface area contributed by atoms with Gasteiger partial charge >= 0.3 is 0 Å². The number of methoxy groups -OCH3 is 1. The van der Waals surface area contributed by atoms with Crippen molar-refractivity contribution in [3.8, 4) is 5.75 Å². The van der Waals surface area contributed by atoms with Crippen LogP contribution >= 0.6 is 0 Å². The Kier molecular flexibility index (Phi) is 4.22. The van der Waals surface area contributed by atoms with Gasteiger partial charge in [0, 0.05) is 25.1 Å². The van der Waals surface area contributed by atoms with Crippen LogP contribution in [0.5, 0.6) is 5.75 Å². The summed E-state index contributed by atoms with van der Waals surface area (Å²) in [7, 11) is 1.44. The lowest BCUT2D eigenvalue weighted by molar-refractivity contribution is -0.123. The molecule has 2 N–H and O–H groups in total. The number of amides is 2. The Hall–Kier alpha value is -2.11. The average molecular weight is 280 g/mol. The fraction of sp³-hybridized carbons (Fsp3) is 0.429. The van der Waals surface area contributed by atoms with Gasteiger partial charge in [-0.15, -0.1) is 0 Å². The number of piperidine rings is 1. The number of carbonyl (C=O) groups is 2. The second-order valence-corrected chi connectivity index (χ2v) is 4.81. The zero-order valence-corrected chi connectivity index (χ0v) is 11.3. The lowest BCUT2D eigenvalue weighted by atomic mass is 9.96. The summed E-state index contributed by atoms with van der Waals surface area (Å²) in [6.07, 6.45) is 1.05. The number of benzene rings is 1. The van der Waals surface area contributed by atoms with Gasteiger partial charge in [-0.1, -0.05) is 0 Å². The summed E-state index contributed by atoms with van der Waals surface area (Å²) in [5, 5.41) is 0. The van der Waals surface area contributed by atoms with Gasteiger partial charge in [0.05, 0.1) is 12.7 Å². The minimum Gasteiger partial charge on any atom is -0.497 e. The number of nitrogens with two attached hydrogens (primary N) is 1. The highest BCUT2D eigenvalue weighted by atomic mass is 19.1. The van der Waals surface area contributed by atoms with E-state index < -0.39 is 5.82 Å². The van der Waals surface area contributed by atoms with Crippen molar-refractivity contribution in [2.45, 2.75) is 12.8 Å². The second-order valence-electron chi connectivity index (χ2n) is 4.81. The third kappa shape index (κ3) is 2.89. The van der Waals surface area contributed by atoms with Crippen molar-refractivity contribution in [2.75, 3.05) is 20.2 Å². The number of rotatable bonds is 3. The topological polar surface area (TPSA) is 72.6 Å². The van der Waals surface area contributed by atoms with Crippen molar-refractivity contribution in [3.05, 3.63) is 29.6 Å². The van der Waals surface area contributed by atoms with Gasteiger partial charge in [0.1, 0.15) is 11.6 Å². The summed E-state index contributed by atoms with van der Waals surface area (Å²) < 4.78 is 18.7. The largest absolute Gasteiger partial charge is 0.497 e. The fourth-order valence-electron chi connectivity index (χ4n) is 2.33. The van der Waals surface area contributed by atoms with Crippen molar-refractivity contribution in [1.29, 1.82) is 0 Å². The van der Waals surface area contributed by atoms with Crippen LogP contribution in [0, 0.1) is 11.7 Å². The molecule has 0 radical (unpaired) electrons. The predicted molar refractivity (Wildman–Crippen MR) is 70.8 cm³/mol. The van der Waals surface area contributed by atoms with E-state index in [4.69, 9.17) is 10.5 Å². The first-order valence-corrected chi connectivity index (χ1v) is 6.45. The Labute approximate surface area is 116 Å². The maximum Gasteiger partial charge on any atom is 0.256 e. The molecule has 1 aromatic carbocycles. The first-order valence-electron chi connectivity index (χ1n) is 6.45. The average Bonchev–Trinajstić information content (AvgIpc) is 2.46. The van der Waals surface area contributed by atoms with Gasteiger partial charge < -0.3 is 15.4 Å². The highest BCUT2D eigenvalue weighted by Gasteiger charge is 2.27. The summed E-state index contributed by atoms with van der Waals surface area (Å²) in [6.45, 7) is 0.829. The standard InChI is InChI=1S/C14H17FN2O3/c1-20-10-2-3-11(12(15)8-10)14(19)17-6-4-9(5-7-17)13(16)18/h2-3,8-9H,4-7H2,1H3,(H2,16,18). The molecule has 5 nitrogen and oxygen atoms in total. The molecule has 1 aliphatic heterocycles. The van der Waals surface area contributed by atoms with Crippen molar-refractivity contribution < 1.29 is 18.7 Å². The van der Waals surface area contributed by atoms with Gasteiger partial charge in [-0.3, -0.25) is 9.59 Å². The van der Waals surface area contributed by atoms with Crippen LogP contribution in [0.15, 0.2) is 18.2 Å². The Morgan fingerprint density at radius 3 is 2.50 bits per heavy atom. The molecule has 0 atom stereocenters.